The lowest BCUT2D eigenvalue weighted by molar-refractivity contribution is 0.385. The molecule has 0 saturated heterocycles. The molecule has 0 bridgehead atoms. The zero-order valence-electron chi connectivity index (χ0n) is 25.1. The molecule has 0 N–H and O–H groups in total. The highest BCUT2D eigenvalue weighted by Crippen LogP contribution is 2.23. The first-order chi connectivity index (χ1) is 16.6. The van der Waals surface area contributed by atoms with E-state index < -0.39 is 0 Å². The third kappa shape index (κ3) is 26.6. The average Bonchev–Trinajstić information content (AvgIpc) is 2.82. The first-order valence-electron chi connectivity index (χ1n) is 16.6. The standard InChI is InChI=1S/C34H70/c1-6-8-10-12-13-14-15-16-17-18-19-22-27-33(4)30-25-31-34(5)29-24-20-23-28-32(3)26-21-11-9-7-2/h32-34H,6-31H2,1-5H3. The van der Waals surface area contributed by atoms with Crippen molar-refractivity contribution in [1.82, 2.24) is 0 Å². The Morgan fingerprint density at radius 2 is 0.471 bits per heavy atom. The molecule has 0 aliphatic rings. The van der Waals surface area contributed by atoms with Gasteiger partial charge in [0.2, 0.25) is 0 Å². The zero-order valence-corrected chi connectivity index (χ0v) is 25.1. The van der Waals surface area contributed by atoms with Crippen LogP contribution in [0.3, 0.4) is 0 Å². The monoisotopic (exact) mass is 479 g/mol. The highest BCUT2D eigenvalue weighted by atomic mass is 14.1. The first kappa shape index (κ1) is 34.0. The van der Waals surface area contributed by atoms with E-state index in [2.05, 4.69) is 34.6 Å². The summed E-state index contributed by atoms with van der Waals surface area (Å²) in [5, 5.41) is 0. The lowest BCUT2D eigenvalue weighted by atomic mass is 9.91. The van der Waals surface area contributed by atoms with E-state index in [1.165, 1.54) is 167 Å². The third-order valence-corrected chi connectivity index (χ3v) is 8.39. The van der Waals surface area contributed by atoms with E-state index in [-0.39, 0.29) is 0 Å². The Kier molecular flexibility index (Phi) is 27.6. The fourth-order valence-electron chi connectivity index (χ4n) is 5.66. The van der Waals surface area contributed by atoms with Crippen molar-refractivity contribution in [2.75, 3.05) is 0 Å². The van der Waals surface area contributed by atoms with Gasteiger partial charge in [0.15, 0.2) is 0 Å². The molecule has 206 valence electrons. The second kappa shape index (κ2) is 27.6. The molecule has 34 heavy (non-hydrogen) atoms. The molecule has 0 aromatic carbocycles. The maximum Gasteiger partial charge on any atom is -0.0443 e. The van der Waals surface area contributed by atoms with Crippen LogP contribution in [0.2, 0.25) is 0 Å². The number of hydrogen-bond acceptors (Lipinski definition) is 0. The Bertz CT molecular complexity index is 359. The summed E-state index contributed by atoms with van der Waals surface area (Å²) in [5.41, 5.74) is 0. The van der Waals surface area contributed by atoms with Crippen LogP contribution in [0.4, 0.5) is 0 Å². The summed E-state index contributed by atoms with van der Waals surface area (Å²) in [6, 6.07) is 0. The second-order valence-corrected chi connectivity index (χ2v) is 12.4. The van der Waals surface area contributed by atoms with E-state index >= 15 is 0 Å². The Morgan fingerprint density at radius 1 is 0.265 bits per heavy atom. The molecule has 0 aromatic heterocycles. The normalized spacial score (nSPS) is 14.4. The van der Waals surface area contributed by atoms with Crippen LogP contribution in [0.15, 0.2) is 0 Å². The molecule has 3 unspecified atom stereocenters. The van der Waals surface area contributed by atoms with Crippen molar-refractivity contribution in [2.45, 2.75) is 202 Å². The molecule has 0 nitrogen and oxygen atoms in total. The van der Waals surface area contributed by atoms with E-state index in [0.717, 1.165) is 17.8 Å². The van der Waals surface area contributed by atoms with Gasteiger partial charge in [0.05, 0.1) is 0 Å². The highest BCUT2D eigenvalue weighted by Gasteiger charge is 2.07. The molecule has 0 rings (SSSR count). The van der Waals surface area contributed by atoms with E-state index in [0.29, 0.717) is 0 Å². The van der Waals surface area contributed by atoms with Crippen LogP contribution in [0.25, 0.3) is 0 Å². The Labute approximate surface area is 219 Å². The maximum absolute atomic E-state index is 2.51. The van der Waals surface area contributed by atoms with E-state index in [1.54, 1.807) is 0 Å². The smallest absolute Gasteiger partial charge is 0.0443 e. The lowest BCUT2D eigenvalue weighted by Crippen LogP contribution is -2.00. The third-order valence-electron chi connectivity index (χ3n) is 8.39. The van der Waals surface area contributed by atoms with Crippen molar-refractivity contribution in [1.29, 1.82) is 0 Å². The number of rotatable bonds is 28. The van der Waals surface area contributed by atoms with E-state index in [1.807, 2.05) is 0 Å². The van der Waals surface area contributed by atoms with Crippen molar-refractivity contribution >= 4 is 0 Å². The molecule has 0 amide bonds. The quantitative estimate of drug-likeness (QED) is 0.0980. The molecule has 0 spiro atoms. The van der Waals surface area contributed by atoms with Crippen LogP contribution in [0.5, 0.6) is 0 Å². The van der Waals surface area contributed by atoms with E-state index in [4.69, 9.17) is 0 Å². The Hall–Kier alpha value is 0. The van der Waals surface area contributed by atoms with Crippen molar-refractivity contribution in [3.63, 3.8) is 0 Å². The van der Waals surface area contributed by atoms with Crippen LogP contribution in [-0.4, -0.2) is 0 Å². The average molecular weight is 479 g/mol. The van der Waals surface area contributed by atoms with Gasteiger partial charge < -0.3 is 0 Å². The van der Waals surface area contributed by atoms with Gasteiger partial charge in [-0.15, -0.1) is 0 Å². The molecular weight excluding hydrogens is 408 g/mol. The molecule has 0 aromatic rings. The van der Waals surface area contributed by atoms with Gasteiger partial charge >= 0.3 is 0 Å². The minimum Gasteiger partial charge on any atom is -0.0654 e. The summed E-state index contributed by atoms with van der Waals surface area (Å²) < 4.78 is 0. The zero-order chi connectivity index (χ0) is 25.1. The van der Waals surface area contributed by atoms with Crippen molar-refractivity contribution in [3.05, 3.63) is 0 Å². The van der Waals surface area contributed by atoms with Crippen LogP contribution < -0.4 is 0 Å². The molecule has 3 atom stereocenters. The predicted octanol–water partition coefficient (Wildman–Crippen LogP) is 13.1. The highest BCUT2D eigenvalue weighted by molar-refractivity contribution is 4.60. The van der Waals surface area contributed by atoms with Gasteiger partial charge in [-0.05, 0) is 17.8 Å². The van der Waals surface area contributed by atoms with Gasteiger partial charge in [-0.3, -0.25) is 0 Å². The summed E-state index contributed by atoms with van der Waals surface area (Å²) in [6.07, 6.45) is 38.0. The van der Waals surface area contributed by atoms with Crippen LogP contribution in [0.1, 0.15) is 202 Å². The summed E-state index contributed by atoms with van der Waals surface area (Å²) in [6.45, 7) is 12.1. The van der Waals surface area contributed by atoms with Crippen LogP contribution in [0, 0.1) is 17.8 Å². The van der Waals surface area contributed by atoms with Gasteiger partial charge in [0.1, 0.15) is 0 Å². The molecule has 0 heteroatoms. The molecule has 0 heterocycles. The summed E-state index contributed by atoms with van der Waals surface area (Å²) in [5.74, 6) is 2.86. The van der Waals surface area contributed by atoms with Gasteiger partial charge in [0, 0.05) is 0 Å². The number of hydrogen-bond donors (Lipinski definition) is 0. The number of unbranched alkanes of at least 4 members (excludes halogenated alkanes) is 16. The first-order valence-corrected chi connectivity index (χ1v) is 16.6. The molecular formula is C34H70. The largest absolute Gasteiger partial charge is 0.0654 e. The molecule has 0 radical (unpaired) electrons. The minimum atomic E-state index is 0.949. The summed E-state index contributed by atoms with van der Waals surface area (Å²) in [7, 11) is 0. The van der Waals surface area contributed by atoms with Gasteiger partial charge in [-0.25, -0.2) is 0 Å². The van der Waals surface area contributed by atoms with Gasteiger partial charge in [0.25, 0.3) is 0 Å². The topological polar surface area (TPSA) is 0 Å². The predicted molar refractivity (Wildman–Crippen MR) is 159 cm³/mol. The van der Waals surface area contributed by atoms with Crippen LogP contribution >= 0.6 is 0 Å². The lowest BCUT2D eigenvalue weighted by Gasteiger charge is -2.15. The Morgan fingerprint density at radius 3 is 0.794 bits per heavy atom. The second-order valence-electron chi connectivity index (χ2n) is 12.4. The summed E-state index contributed by atoms with van der Waals surface area (Å²) >= 11 is 0. The molecule has 0 aliphatic carbocycles. The van der Waals surface area contributed by atoms with Crippen molar-refractivity contribution < 1.29 is 0 Å². The minimum absolute atomic E-state index is 0.949. The summed E-state index contributed by atoms with van der Waals surface area (Å²) in [4.78, 5) is 0. The fourth-order valence-corrected chi connectivity index (χ4v) is 5.66. The van der Waals surface area contributed by atoms with Crippen molar-refractivity contribution in [3.8, 4) is 0 Å². The molecule has 0 fully saturated rings. The van der Waals surface area contributed by atoms with Crippen LogP contribution in [-0.2, 0) is 0 Å². The van der Waals surface area contributed by atoms with E-state index in [9.17, 15) is 0 Å². The fraction of sp³-hybridized carbons (Fsp3) is 1.00. The Balaban J connectivity index is 3.35. The SMILES string of the molecule is CCCCCCCCCCCCCCC(C)CCCC(C)CCCCCC(C)CCCCCC. The van der Waals surface area contributed by atoms with Gasteiger partial charge in [-0.2, -0.15) is 0 Å². The molecule has 0 saturated carbocycles. The maximum atomic E-state index is 2.51. The molecule has 0 aliphatic heterocycles. The van der Waals surface area contributed by atoms with Crippen molar-refractivity contribution in [2.24, 2.45) is 17.8 Å². The van der Waals surface area contributed by atoms with Gasteiger partial charge in [-0.1, -0.05) is 202 Å².